The molecule has 5 nitrogen and oxygen atoms in total. The lowest BCUT2D eigenvalue weighted by Gasteiger charge is -2.45. The Bertz CT molecular complexity index is 966. The van der Waals surface area contributed by atoms with Crippen LogP contribution in [0.1, 0.15) is 63.2 Å². The van der Waals surface area contributed by atoms with Gasteiger partial charge in [-0.2, -0.15) is 0 Å². The van der Waals surface area contributed by atoms with Crippen molar-refractivity contribution in [2.45, 2.75) is 57.7 Å². The molecule has 1 aliphatic rings. The van der Waals surface area contributed by atoms with Gasteiger partial charge in [-0.3, -0.25) is 0 Å². The zero-order valence-electron chi connectivity index (χ0n) is 19.6. The summed E-state index contributed by atoms with van der Waals surface area (Å²) in [4.78, 5) is 0. The summed E-state index contributed by atoms with van der Waals surface area (Å²) in [6, 6.07) is 20.1. The monoisotopic (exact) mass is 487 g/mol. The number of rotatable bonds is 9. The Hall–Kier alpha value is -1.58. The van der Waals surface area contributed by atoms with E-state index < -0.39 is 12.4 Å². The number of benzene rings is 2. The van der Waals surface area contributed by atoms with Crippen molar-refractivity contribution < 1.29 is 18.7 Å². The summed E-state index contributed by atoms with van der Waals surface area (Å²) in [6.45, 7) is 3.19. The standard InChI is InChI=1S/C26H34NO4PS/c1-4-17-30-32(29,31-18-5-2)33-19-16-26(28)20-24(22-12-8-6-9-13-22)27-25(21(26)3)23-14-10-7-11-15-23/h6-15,21,24-25,27-28H,4-5,17-18,20H2,1-3H3/t21-,24-,25+,26+/m1/s1. The van der Waals surface area contributed by atoms with Crippen LogP contribution in [0.3, 0.4) is 0 Å². The van der Waals surface area contributed by atoms with E-state index in [1.807, 2.05) is 57.2 Å². The lowest BCUT2D eigenvalue weighted by atomic mass is 9.72. The minimum absolute atomic E-state index is 0.0728. The summed E-state index contributed by atoms with van der Waals surface area (Å²) in [6.07, 6.45) is 1.89. The van der Waals surface area contributed by atoms with Crippen LogP contribution < -0.4 is 5.32 Å². The summed E-state index contributed by atoms with van der Waals surface area (Å²) < 4.78 is 24.1. The summed E-state index contributed by atoms with van der Waals surface area (Å²) in [5.74, 6) is 2.86. The van der Waals surface area contributed by atoms with Gasteiger partial charge in [0.1, 0.15) is 5.60 Å². The Morgan fingerprint density at radius 2 is 1.58 bits per heavy atom. The average Bonchev–Trinajstić information content (AvgIpc) is 2.84. The minimum atomic E-state index is -3.40. The molecule has 3 rings (SSSR count). The quantitative estimate of drug-likeness (QED) is 0.311. The van der Waals surface area contributed by atoms with Crippen LogP contribution in [0.5, 0.6) is 0 Å². The second kappa shape index (κ2) is 12.2. The van der Waals surface area contributed by atoms with Crippen molar-refractivity contribution in [3.05, 3.63) is 71.8 Å². The van der Waals surface area contributed by atoms with E-state index in [4.69, 9.17) is 9.05 Å². The van der Waals surface area contributed by atoms with Gasteiger partial charge in [0.05, 0.1) is 13.2 Å². The second-order valence-corrected chi connectivity index (χ2v) is 12.1. The molecule has 0 aromatic heterocycles. The molecule has 33 heavy (non-hydrogen) atoms. The van der Waals surface area contributed by atoms with E-state index in [-0.39, 0.29) is 18.0 Å². The fourth-order valence-electron chi connectivity index (χ4n) is 3.97. The molecule has 0 unspecified atom stereocenters. The molecule has 0 bridgehead atoms. The van der Waals surface area contributed by atoms with Crippen LogP contribution in [0.4, 0.5) is 0 Å². The van der Waals surface area contributed by atoms with Crippen molar-refractivity contribution in [1.29, 1.82) is 0 Å². The van der Waals surface area contributed by atoms with Crippen molar-refractivity contribution in [3.63, 3.8) is 0 Å². The number of nitrogens with one attached hydrogen (secondary N) is 1. The number of hydrogen-bond acceptors (Lipinski definition) is 6. The topological polar surface area (TPSA) is 67.8 Å². The number of piperidine rings is 1. The highest BCUT2D eigenvalue weighted by Gasteiger charge is 2.45. The van der Waals surface area contributed by atoms with Crippen LogP contribution >= 0.6 is 18.2 Å². The average molecular weight is 488 g/mol. The number of aliphatic hydroxyl groups is 1. The summed E-state index contributed by atoms with van der Waals surface area (Å²) in [7, 11) is 0. The van der Waals surface area contributed by atoms with E-state index in [0.29, 0.717) is 19.6 Å². The molecule has 1 heterocycles. The molecular formula is C26H34NO4PS. The molecular weight excluding hydrogens is 453 g/mol. The SMILES string of the molecule is CCCOP(=O)(OCCC)SC#C[C@]1(O)C[C@H](c2ccccc2)N[C@H](c2ccccc2)[C@H]1C. The molecule has 1 fully saturated rings. The normalized spacial score (nSPS) is 25.3. The molecule has 1 aliphatic heterocycles. The summed E-state index contributed by atoms with van der Waals surface area (Å²) in [5, 5.41) is 18.4. The van der Waals surface area contributed by atoms with Gasteiger partial charge in [0.2, 0.25) is 0 Å². The highest BCUT2D eigenvalue weighted by molar-refractivity contribution is 8.57. The van der Waals surface area contributed by atoms with E-state index in [1.54, 1.807) is 0 Å². The fourth-order valence-corrected chi connectivity index (χ4v) is 6.53. The summed E-state index contributed by atoms with van der Waals surface area (Å²) >= 11 is 0.862. The largest absolute Gasteiger partial charge is 0.401 e. The van der Waals surface area contributed by atoms with Crippen molar-refractivity contribution in [2.75, 3.05) is 13.2 Å². The first-order valence-corrected chi connectivity index (χ1v) is 14.6. The van der Waals surface area contributed by atoms with Crippen LogP contribution in [0.15, 0.2) is 60.7 Å². The van der Waals surface area contributed by atoms with Crippen molar-refractivity contribution in [2.24, 2.45) is 5.92 Å². The van der Waals surface area contributed by atoms with Gasteiger partial charge in [0.25, 0.3) is 0 Å². The summed E-state index contributed by atoms with van der Waals surface area (Å²) in [5.41, 5.74) is 0.919. The van der Waals surface area contributed by atoms with E-state index in [1.165, 1.54) is 0 Å². The van der Waals surface area contributed by atoms with E-state index in [2.05, 4.69) is 40.8 Å². The third-order valence-corrected chi connectivity index (χ3v) is 8.83. The minimum Gasteiger partial charge on any atom is -0.377 e. The highest BCUT2D eigenvalue weighted by Crippen LogP contribution is 2.60. The van der Waals surface area contributed by atoms with Crippen molar-refractivity contribution >= 4 is 18.2 Å². The van der Waals surface area contributed by atoms with Gasteiger partial charge in [-0.15, -0.1) is 0 Å². The molecule has 2 aromatic carbocycles. The van der Waals surface area contributed by atoms with E-state index in [9.17, 15) is 9.67 Å². The lowest BCUT2D eigenvalue weighted by Crippen LogP contribution is -2.51. The van der Waals surface area contributed by atoms with Gasteiger partial charge in [0.15, 0.2) is 0 Å². The Morgan fingerprint density at radius 3 is 2.12 bits per heavy atom. The van der Waals surface area contributed by atoms with Crippen molar-refractivity contribution in [3.8, 4) is 11.2 Å². The molecule has 0 saturated carbocycles. The first-order valence-electron chi connectivity index (χ1n) is 11.6. The van der Waals surface area contributed by atoms with Crippen molar-refractivity contribution in [1.82, 2.24) is 5.32 Å². The molecule has 7 heteroatoms. The molecule has 0 spiro atoms. The van der Waals surface area contributed by atoms with E-state index in [0.717, 1.165) is 35.4 Å². The predicted octanol–water partition coefficient (Wildman–Crippen LogP) is 6.48. The molecule has 0 aliphatic carbocycles. The van der Waals surface area contributed by atoms with E-state index >= 15 is 0 Å². The van der Waals surface area contributed by atoms with Crippen LogP contribution in [0, 0.1) is 17.1 Å². The first kappa shape index (κ1) is 26.0. The lowest BCUT2D eigenvalue weighted by molar-refractivity contribution is -0.0196. The van der Waals surface area contributed by atoms with Gasteiger partial charge in [-0.1, -0.05) is 87.4 Å². The maximum Gasteiger partial charge on any atom is 0.401 e. The maximum absolute atomic E-state index is 13.1. The fraction of sp³-hybridized carbons (Fsp3) is 0.462. The third kappa shape index (κ3) is 6.96. The van der Waals surface area contributed by atoms with Gasteiger partial charge < -0.3 is 19.5 Å². The van der Waals surface area contributed by atoms with Gasteiger partial charge >= 0.3 is 6.80 Å². The van der Waals surface area contributed by atoms with Gasteiger partial charge in [-0.25, -0.2) is 4.57 Å². The molecule has 178 valence electrons. The van der Waals surface area contributed by atoms with Gasteiger partial charge in [0, 0.05) is 35.8 Å². The Labute approximate surface area is 201 Å². The molecule has 0 radical (unpaired) electrons. The smallest absolute Gasteiger partial charge is 0.377 e. The first-order chi connectivity index (χ1) is 15.9. The Balaban J connectivity index is 1.89. The zero-order valence-corrected chi connectivity index (χ0v) is 21.3. The van der Waals surface area contributed by atoms with Gasteiger partial charge in [-0.05, 0) is 29.2 Å². The second-order valence-electron chi connectivity index (χ2n) is 8.37. The zero-order chi connectivity index (χ0) is 23.7. The highest BCUT2D eigenvalue weighted by atomic mass is 32.7. The Morgan fingerprint density at radius 1 is 1.03 bits per heavy atom. The Kier molecular flexibility index (Phi) is 9.64. The van der Waals surface area contributed by atoms with Crippen LogP contribution in [-0.2, 0) is 13.6 Å². The molecule has 4 atom stereocenters. The van der Waals surface area contributed by atoms with Crippen LogP contribution in [0.2, 0.25) is 0 Å². The third-order valence-electron chi connectivity index (χ3n) is 5.84. The number of hydrogen-bond donors (Lipinski definition) is 2. The predicted molar refractivity (Wildman–Crippen MR) is 136 cm³/mol. The molecule has 2 N–H and O–H groups in total. The molecule has 1 saturated heterocycles. The van der Waals surface area contributed by atoms with Crippen LogP contribution in [0.25, 0.3) is 0 Å². The molecule has 0 amide bonds. The van der Waals surface area contributed by atoms with Crippen LogP contribution in [-0.4, -0.2) is 23.9 Å². The maximum atomic E-state index is 13.1. The molecule has 2 aromatic rings.